The Hall–Kier alpha value is -0.840. The first-order valence-corrected chi connectivity index (χ1v) is 6.94. The fraction of sp³-hybridized carbons (Fsp3) is 0.714. The Kier molecular flexibility index (Phi) is 5.23. The predicted octanol–water partition coefficient (Wildman–Crippen LogP) is 2.04. The van der Waals surface area contributed by atoms with E-state index in [2.05, 4.69) is 24.1 Å². The van der Waals surface area contributed by atoms with Crippen LogP contribution in [0.3, 0.4) is 0 Å². The Morgan fingerprint density at radius 3 is 3.06 bits per heavy atom. The van der Waals surface area contributed by atoms with Crippen LogP contribution in [-0.4, -0.2) is 43.8 Å². The van der Waals surface area contributed by atoms with E-state index in [1.807, 2.05) is 12.1 Å². The molecule has 0 bridgehead atoms. The van der Waals surface area contributed by atoms with Crippen LogP contribution in [0.1, 0.15) is 32.1 Å². The molecule has 0 radical (unpaired) electrons. The van der Waals surface area contributed by atoms with Crippen molar-refractivity contribution in [2.24, 2.45) is 0 Å². The van der Waals surface area contributed by atoms with Gasteiger partial charge in [0.1, 0.15) is 5.76 Å². The molecule has 4 heteroatoms. The number of likely N-dealkylation sites (N-methyl/N-ethyl adjacent to an activating group) is 1. The van der Waals surface area contributed by atoms with Gasteiger partial charge in [0.05, 0.1) is 25.0 Å². The zero-order valence-corrected chi connectivity index (χ0v) is 11.4. The third kappa shape index (κ3) is 3.57. The Morgan fingerprint density at radius 2 is 2.39 bits per heavy atom. The van der Waals surface area contributed by atoms with Gasteiger partial charge in [-0.1, -0.05) is 13.8 Å². The molecular formula is C14H24N2O2. The molecule has 1 fully saturated rings. The highest BCUT2D eigenvalue weighted by molar-refractivity contribution is 5.04. The zero-order chi connectivity index (χ0) is 12.8. The van der Waals surface area contributed by atoms with Crippen LogP contribution in [0.5, 0.6) is 0 Å². The SMILES string of the molecule is CCC(NCC1CN(CC)CCO1)c1ccco1. The molecule has 0 aliphatic carbocycles. The third-order valence-electron chi connectivity index (χ3n) is 3.56. The minimum absolute atomic E-state index is 0.292. The molecule has 0 amide bonds. The molecule has 1 aliphatic heterocycles. The molecule has 1 saturated heterocycles. The highest BCUT2D eigenvalue weighted by Gasteiger charge is 2.20. The number of morpholine rings is 1. The van der Waals surface area contributed by atoms with Gasteiger partial charge in [0.2, 0.25) is 0 Å². The summed E-state index contributed by atoms with van der Waals surface area (Å²) in [6.07, 6.45) is 3.05. The van der Waals surface area contributed by atoms with Gasteiger partial charge in [-0.3, -0.25) is 4.90 Å². The zero-order valence-electron chi connectivity index (χ0n) is 11.4. The summed E-state index contributed by atoms with van der Waals surface area (Å²) in [5.41, 5.74) is 0. The standard InChI is InChI=1S/C14H24N2O2/c1-3-13(14-6-5-8-18-14)15-10-12-11-16(4-2)7-9-17-12/h5-6,8,12-13,15H,3-4,7,9-11H2,1-2H3. The summed E-state index contributed by atoms with van der Waals surface area (Å²) in [5.74, 6) is 1.01. The minimum Gasteiger partial charge on any atom is -0.468 e. The van der Waals surface area contributed by atoms with Crippen LogP contribution in [0.2, 0.25) is 0 Å². The van der Waals surface area contributed by atoms with Gasteiger partial charge in [-0.15, -0.1) is 0 Å². The molecule has 1 aliphatic rings. The number of hydrogen-bond acceptors (Lipinski definition) is 4. The predicted molar refractivity (Wildman–Crippen MR) is 71.6 cm³/mol. The Balaban J connectivity index is 1.79. The summed E-state index contributed by atoms with van der Waals surface area (Å²) < 4.78 is 11.2. The Bertz CT molecular complexity index is 327. The lowest BCUT2D eigenvalue weighted by molar-refractivity contribution is -0.0266. The summed E-state index contributed by atoms with van der Waals surface area (Å²) in [4.78, 5) is 2.43. The van der Waals surface area contributed by atoms with Gasteiger partial charge >= 0.3 is 0 Å². The summed E-state index contributed by atoms with van der Waals surface area (Å²) >= 11 is 0. The molecule has 1 aromatic heterocycles. The number of hydrogen-bond donors (Lipinski definition) is 1. The van der Waals surface area contributed by atoms with Crippen LogP contribution >= 0.6 is 0 Å². The maximum absolute atomic E-state index is 5.79. The number of rotatable bonds is 6. The van der Waals surface area contributed by atoms with Gasteiger partial charge in [-0.25, -0.2) is 0 Å². The van der Waals surface area contributed by atoms with Gasteiger partial charge in [0.15, 0.2) is 0 Å². The van der Waals surface area contributed by atoms with Crippen molar-refractivity contribution < 1.29 is 9.15 Å². The molecule has 2 rings (SSSR count). The second-order valence-electron chi connectivity index (χ2n) is 4.77. The van der Waals surface area contributed by atoms with Crippen LogP contribution in [0.15, 0.2) is 22.8 Å². The lowest BCUT2D eigenvalue weighted by atomic mass is 10.1. The molecule has 1 aromatic rings. The topological polar surface area (TPSA) is 37.6 Å². The van der Waals surface area contributed by atoms with E-state index in [1.165, 1.54) is 0 Å². The fourth-order valence-electron chi connectivity index (χ4n) is 2.40. The van der Waals surface area contributed by atoms with Crippen molar-refractivity contribution >= 4 is 0 Å². The molecule has 0 aromatic carbocycles. The first kappa shape index (κ1) is 13.6. The molecule has 0 spiro atoms. The normalized spacial score (nSPS) is 23.1. The third-order valence-corrected chi connectivity index (χ3v) is 3.56. The van der Waals surface area contributed by atoms with Gasteiger partial charge in [0.25, 0.3) is 0 Å². The number of furan rings is 1. The number of ether oxygens (including phenoxy) is 1. The first-order chi connectivity index (χ1) is 8.83. The van der Waals surface area contributed by atoms with E-state index >= 15 is 0 Å². The van der Waals surface area contributed by atoms with Crippen molar-refractivity contribution in [3.05, 3.63) is 24.2 Å². The van der Waals surface area contributed by atoms with E-state index in [-0.39, 0.29) is 0 Å². The highest BCUT2D eigenvalue weighted by Crippen LogP contribution is 2.17. The molecule has 0 saturated carbocycles. The smallest absolute Gasteiger partial charge is 0.120 e. The van der Waals surface area contributed by atoms with E-state index in [0.717, 1.165) is 45.0 Å². The first-order valence-electron chi connectivity index (χ1n) is 6.94. The average molecular weight is 252 g/mol. The molecule has 18 heavy (non-hydrogen) atoms. The molecule has 2 unspecified atom stereocenters. The van der Waals surface area contributed by atoms with Crippen molar-refractivity contribution in [3.8, 4) is 0 Å². The van der Waals surface area contributed by atoms with Crippen molar-refractivity contribution in [2.75, 3.05) is 32.8 Å². The molecule has 2 atom stereocenters. The van der Waals surface area contributed by atoms with E-state index < -0.39 is 0 Å². The summed E-state index contributed by atoms with van der Waals surface area (Å²) in [6, 6.07) is 4.26. The van der Waals surface area contributed by atoms with Crippen molar-refractivity contribution in [2.45, 2.75) is 32.4 Å². The van der Waals surface area contributed by atoms with E-state index in [1.54, 1.807) is 6.26 Å². The summed E-state index contributed by atoms with van der Waals surface area (Å²) in [5, 5.41) is 3.54. The van der Waals surface area contributed by atoms with E-state index in [0.29, 0.717) is 12.1 Å². The Morgan fingerprint density at radius 1 is 1.50 bits per heavy atom. The molecule has 102 valence electrons. The Labute approximate surface area is 109 Å². The number of nitrogens with zero attached hydrogens (tertiary/aromatic N) is 1. The lowest BCUT2D eigenvalue weighted by Crippen LogP contribution is -2.46. The van der Waals surface area contributed by atoms with Gasteiger partial charge in [-0.2, -0.15) is 0 Å². The largest absolute Gasteiger partial charge is 0.468 e. The van der Waals surface area contributed by atoms with Crippen LogP contribution in [0.25, 0.3) is 0 Å². The maximum atomic E-state index is 5.79. The van der Waals surface area contributed by atoms with Crippen molar-refractivity contribution in [1.82, 2.24) is 10.2 Å². The average Bonchev–Trinajstić information content (AvgIpc) is 2.94. The maximum Gasteiger partial charge on any atom is 0.120 e. The van der Waals surface area contributed by atoms with Crippen molar-refractivity contribution in [1.29, 1.82) is 0 Å². The molecule has 1 N–H and O–H groups in total. The van der Waals surface area contributed by atoms with Crippen molar-refractivity contribution in [3.63, 3.8) is 0 Å². The second kappa shape index (κ2) is 6.92. The van der Waals surface area contributed by atoms with Crippen LogP contribution in [0, 0.1) is 0 Å². The van der Waals surface area contributed by atoms with Crippen LogP contribution in [0.4, 0.5) is 0 Å². The fourth-order valence-corrected chi connectivity index (χ4v) is 2.40. The molecule has 4 nitrogen and oxygen atoms in total. The quantitative estimate of drug-likeness (QED) is 0.841. The monoisotopic (exact) mass is 252 g/mol. The van der Waals surface area contributed by atoms with Gasteiger partial charge in [0, 0.05) is 19.6 Å². The van der Waals surface area contributed by atoms with E-state index in [4.69, 9.17) is 9.15 Å². The van der Waals surface area contributed by atoms with Crippen LogP contribution in [-0.2, 0) is 4.74 Å². The van der Waals surface area contributed by atoms with E-state index in [9.17, 15) is 0 Å². The number of nitrogens with one attached hydrogen (secondary N) is 1. The van der Waals surface area contributed by atoms with Crippen LogP contribution < -0.4 is 5.32 Å². The summed E-state index contributed by atoms with van der Waals surface area (Å²) in [6.45, 7) is 9.29. The molecular weight excluding hydrogens is 228 g/mol. The minimum atomic E-state index is 0.292. The summed E-state index contributed by atoms with van der Waals surface area (Å²) in [7, 11) is 0. The van der Waals surface area contributed by atoms with Gasteiger partial charge < -0.3 is 14.5 Å². The highest BCUT2D eigenvalue weighted by atomic mass is 16.5. The second-order valence-corrected chi connectivity index (χ2v) is 4.77. The molecule has 2 heterocycles. The van der Waals surface area contributed by atoms with Gasteiger partial charge in [-0.05, 0) is 25.1 Å². The lowest BCUT2D eigenvalue weighted by Gasteiger charge is -2.32.